The smallest absolute Gasteiger partial charge is 0.179 e. The second kappa shape index (κ2) is 15.8. The van der Waals surface area contributed by atoms with Gasteiger partial charge in [-0.25, -0.2) is 0 Å². The molecule has 0 radical (unpaired) electrons. The first-order chi connectivity index (χ1) is 27.8. The molecule has 0 bridgehead atoms. The lowest BCUT2D eigenvalue weighted by Crippen LogP contribution is -2.74. The molecule has 266 valence electrons. The van der Waals surface area contributed by atoms with E-state index in [-0.39, 0.29) is 0 Å². The van der Waals surface area contributed by atoms with Crippen molar-refractivity contribution in [3.8, 4) is 33.4 Å². The standard InChI is InChI=1S/C54H41NSi/c1-7-20-42(21-8-1)43-34-36-46(37-35-43)55(54-52(44-22-9-2-10-23-44)32-19-33-53(54)45-24-11-3-12-25-45)47-38-40-51(41-39-47)56(48-26-13-4-14-27-48,49-28-15-5-16-29-49)50-30-17-6-18-31-50/h1-41H. The summed E-state index contributed by atoms with van der Waals surface area (Å²) in [7, 11) is -2.71. The highest BCUT2D eigenvalue weighted by atomic mass is 28.3. The summed E-state index contributed by atoms with van der Waals surface area (Å²) in [4.78, 5) is 2.46. The molecule has 0 aliphatic rings. The van der Waals surface area contributed by atoms with Crippen LogP contribution in [0.15, 0.2) is 249 Å². The number of anilines is 3. The van der Waals surface area contributed by atoms with E-state index in [1.807, 2.05) is 0 Å². The molecule has 9 rings (SSSR count). The monoisotopic (exact) mass is 731 g/mol. The summed E-state index contributed by atoms with van der Waals surface area (Å²) < 4.78 is 0. The lowest BCUT2D eigenvalue weighted by Gasteiger charge is -2.35. The predicted molar refractivity (Wildman–Crippen MR) is 241 cm³/mol. The lowest BCUT2D eigenvalue weighted by atomic mass is 9.94. The Morgan fingerprint density at radius 1 is 0.232 bits per heavy atom. The summed E-state index contributed by atoms with van der Waals surface area (Å²) in [6.07, 6.45) is 0. The number of nitrogens with zero attached hydrogens (tertiary/aromatic N) is 1. The molecule has 0 fully saturated rings. The van der Waals surface area contributed by atoms with E-state index in [4.69, 9.17) is 0 Å². The first-order valence-corrected chi connectivity index (χ1v) is 21.3. The minimum atomic E-state index is -2.71. The number of benzene rings is 9. The third-order valence-corrected chi connectivity index (χ3v) is 15.6. The van der Waals surface area contributed by atoms with Gasteiger partial charge in [-0.2, -0.15) is 0 Å². The number of rotatable bonds is 10. The minimum Gasteiger partial charge on any atom is -0.309 e. The Bertz CT molecular complexity index is 2470. The summed E-state index contributed by atoms with van der Waals surface area (Å²) >= 11 is 0. The molecule has 0 spiro atoms. The summed E-state index contributed by atoms with van der Waals surface area (Å²) in [6, 6.07) is 90.8. The van der Waals surface area contributed by atoms with Crippen LogP contribution in [0.25, 0.3) is 33.4 Å². The Hall–Kier alpha value is -7.00. The fourth-order valence-corrected chi connectivity index (χ4v) is 13.0. The third kappa shape index (κ3) is 6.57. The highest BCUT2D eigenvalue weighted by Gasteiger charge is 2.41. The summed E-state index contributed by atoms with van der Waals surface area (Å²) in [5.41, 5.74) is 10.4. The van der Waals surface area contributed by atoms with Crippen LogP contribution in [-0.4, -0.2) is 8.07 Å². The Morgan fingerprint density at radius 2 is 0.536 bits per heavy atom. The molecule has 0 saturated carbocycles. The van der Waals surface area contributed by atoms with Crippen LogP contribution in [-0.2, 0) is 0 Å². The predicted octanol–water partition coefficient (Wildman–Crippen LogP) is 11.5. The maximum Gasteiger partial charge on any atom is 0.179 e. The molecule has 0 unspecified atom stereocenters. The lowest BCUT2D eigenvalue weighted by molar-refractivity contribution is 1.28. The molecule has 9 aromatic rings. The highest BCUT2D eigenvalue weighted by molar-refractivity contribution is 7.19. The summed E-state index contributed by atoms with van der Waals surface area (Å²) in [5, 5.41) is 5.42. The van der Waals surface area contributed by atoms with Gasteiger partial charge in [0.25, 0.3) is 0 Å². The zero-order chi connectivity index (χ0) is 37.6. The van der Waals surface area contributed by atoms with E-state index in [9.17, 15) is 0 Å². The van der Waals surface area contributed by atoms with Crippen molar-refractivity contribution in [3.05, 3.63) is 249 Å². The maximum absolute atomic E-state index is 2.71. The van der Waals surface area contributed by atoms with Crippen LogP contribution in [0.5, 0.6) is 0 Å². The van der Waals surface area contributed by atoms with Crippen LogP contribution < -0.4 is 25.6 Å². The van der Waals surface area contributed by atoms with Crippen molar-refractivity contribution in [2.75, 3.05) is 4.90 Å². The van der Waals surface area contributed by atoms with Gasteiger partial charge in [-0.3, -0.25) is 0 Å². The van der Waals surface area contributed by atoms with E-state index in [1.54, 1.807) is 0 Å². The topological polar surface area (TPSA) is 3.24 Å². The van der Waals surface area contributed by atoms with Crippen molar-refractivity contribution in [1.29, 1.82) is 0 Å². The average molecular weight is 732 g/mol. The van der Waals surface area contributed by atoms with Crippen LogP contribution in [0.3, 0.4) is 0 Å². The van der Waals surface area contributed by atoms with Crippen LogP contribution in [0.4, 0.5) is 17.1 Å². The normalized spacial score (nSPS) is 11.2. The van der Waals surface area contributed by atoms with Gasteiger partial charge < -0.3 is 4.90 Å². The zero-order valence-corrected chi connectivity index (χ0v) is 32.1. The van der Waals surface area contributed by atoms with Crippen LogP contribution in [0.2, 0.25) is 0 Å². The molecule has 0 aliphatic heterocycles. The van der Waals surface area contributed by atoms with Gasteiger partial charge in [-0.05, 0) is 67.3 Å². The Balaban J connectivity index is 1.29. The SMILES string of the molecule is c1ccc(-c2ccc(N(c3ccc([Si](c4ccccc4)(c4ccccc4)c4ccccc4)cc3)c3c(-c4ccccc4)cccc3-c3ccccc3)cc2)cc1. The Morgan fingerprint density at radius 3 is 0.929 bits per heavy atom. The van der Waals surface area contributed by atoms with Crippen LogP contribution in [0, 0.1) is 0 Å². The van der Waals surface area contributed by atoms with E-state index >= 15 is 0 Å². The van der Waals surface area contributed by atoms with Gasteiger partial charge >= 0.3 is 0 Å². The molecule has 0 atom stereocenters. The van der Waals surface area contributed by atoms with Crippen molar-refractivity contribution < 1.29 is 0 Å². The first-order valence-electron chi connectivity index (χ1n) is 19.3. The molecule has 56 heavy (non-hydrogen) atoms. The zero-order valence-electron chi connectivity index (χ0n) is 31.1. The highest BCUT2D eigenvalue weighted by Crippen LogP contribution is 2.46. The first kappa shape index (κ1) is 34.7. The maximum atomic E-state index is 2.46. The van der Waals surface area contributed by atoms with Crippen molar-refractivity contribution in [3.63, 3.8) is 0 Å². The Kier molecular flexibility index (Phi) is 9.78. The molecule has 0 saturated heterocycles. The van der Waals surface area contributed by atoms with Crippen molar-refractivity contribution in [1.82, 2.24) is 0 Å². The van der Waals surface area contributed by atoms with Gasteiger partial charge in [0.1, 0.15) is 0 Å². The van der Waals surface area contributed by atoms with Gasteiger partial charge in [-0.15, -0.1) is 0 Å². The van der Waals surface area contributed by atoms with E-state index < -0.39 is 8.07 Å². The molecule has 1 nitrogen and oxygen atoms in total. The number of hydrogen-bond donors (Lipinski definition) is 0. The second-order valence-corrected chi connectivity index (χ2v) is 17.9. The molecular weight excluding hydrogens is 691 g/mol. The van der Waals surface area contributed by atoms with Crippen molar-refractivity contribution >= 4 is 45.9 Å². The van der Waals surface area contributed by atoms with E-state index in [1.165, 1.54) is 54.1 Å². The quantitative estimate of drug-likeness (QED) is 0.1000. The fourth-order valence-electron chi connectivity index (χ4n) is 8.25. The molecule has 0 aromatic heterocycles. The van der Waals surface area contributed by atoms with Crippen molar-refractivity contribution in [2.45, 2.75) is 0 Å². The largest absolute Gasteiger partial charge is 0.309 e. The fraction of sp³-hybridized carbons (Fsp3) is 0. The molecule has 0 N–H and O–H groups in total. The number of para-hydroxylation sites is 1. The summed E-state index contributed by atoms with van der Waals surface area (Å²) in [6.45, 7) is 0. The minimum absolute atomic E-state index is 1.09. The van der Waals surface area contributed by atoms with Gasteiger partial charge in [0.05, 0.1) is 5.69 Å². The van der Waals surface area contributed by atoms with Gasteiger partial charge in [0, 0.05) is 22.5 Å². The Labute approximate surface area is 331 Å². The van der Waals surface area contributed by atoms with Crippen molar-refractivity contribution in [2.24, 2.45) is 0 Å². The molecule has 2 heteroatoms. The van der Waals surface area contributed by atoms with Crippen LogP contribution >= 0.6 is 0 Å². The molecular formula is C54H41NSi. The third-order valence-electron chi connectivity index (χ3n) is 10.8. The van der Waals surface area contributed by atoms with E-state index in [0.717, 1.165) is 17.1 Å². The van der Waals surface area contributed by atoms with Gasteiger partial charge in [0.15, 0.2) is 8.07 Å². The molecule has 0 heterocycles. The molecule has 9 aromatic carbocycles. The van der Waals surface area contributed by atoms with E-state index in [2.05, 4.69) is 254 Å². The van der Waals surface area contributed by atoms with Gasteiger partial charge in [0.2, 0.25) is 0 Å². The van der Waals surface area contributed by atoms with Gasteiger partial charge in [-0.1, -0.05) is 224 Å². The van der Waals surface area contributed by atoms with E-state index in [0.29, 0.717) is 0 Å². The molecule has 0 aliphatic carbocycles. The average Bonchev–Trinajstić information content (AvgIpc) is 3.29. The second-order valence-electron chi connectivity index (χ2n) is 14.1. The number of hydrogen-bond acceptors (Lipinski definition) is 1. The van der Waals surface area contributed by atoms with Crippen LogP contribution in [0.1, 0.15) is 0 Å². The summed E-state index contributed by atoms with van der Waals surface area (Å²) in [5.74, 6) is 0. The molecule has 0 amide bonds.